The van der Waals surface area contributed by atoms with Gasteiger partial charge in [0.25, 0.3) is 0 Å². The SMILES string of the molecule is CC(OC(=O)CNS(=O)(=O)c1ccc(C#N)cc1)C(=O)C12CC3CC(CC(C3)C1)C2. The van der Waals surface area contributed by atoms with Gasteiger partial charge < -0.3 is 4.74 Å². The van der Waals surface area contributed by atoms with Crippen LogP contribution in [0.4, 0.5) is 0 Å². The highest BCUT2D eigenvalue weighted by molar-refractivity contribution is 7.89. The summed E-state index contributed by atoms with van der Waals surface area (Å²) in [5, 5.41) is 8.80. The average Bonchev–Trinajstić information content (AvgIpc) is 2.71. The third kappa shape index (κ3) is 4.01. The molecule has 0 saturated heterocycles. The van der Waals surface area contributed by atoms with Crippen molar-refractivity contribution in [2.75, 3.05) is 6.54 Å². The van der Waals surface area contributed by atoms with Gasteiger partial charge in [0.1, 0.15) is 6.54 Å². The summed E-state index contributed by atoms with van der Waals surface area (Å²) in [7, 11) is -3.92. The molecule has 5 rings (SSSR count). The summed E-state index contributed by atoms with van der Waals surface area (Å²) in [6.07, 6.45) is 5.46. The summed E-state index contributed by atoms with van der Waals surface area (Å²) < 4.78 is 32.1. The van der Waals surface area contributed by atoms with Crippen LogP contribution in [0.1, 0.15) is 51.0 Å². The van der Waals surface area contributed by atoms with E-state index in [-0.39, 0.29) is 16.1 Å². The van der Waals surface area contributed by atoms with E-state index in [9.17, 15) is 18.0 Å². The maximum absolute atomic E-state index is 13.2. The number of esters is 1. The molecule has 7 nitrogen and oxygen atoms in total. The van der Waals surface area contributed by atoms with Gasteiger partial charge in [-0.15, -0.1) is 0 Å². The maximum Gasteiger partial charge on any atom is 0.321 e. The van der Waals surface area contributed by atoms with E-state index in [1.54, 1.807) is 6.92 Å². The number of nitrogens with zero attached hydrogens (tertiary/aromatic N) is 1. The molecule has 0 aromatic heterocycles. The third-order valence-corrected chi connectivity index (χ3v) is 8.36. The number of carbonyl (C=O) groups excluding carboxylic acids is 2. The molecule has 4 fully saturated rings. The largest absolute Gasteiger partial charge is 0.454 e. The molecule has 1 N–H and O–H groups in total. The molecule has 0 radical (unpaired) electrons. The summed E-state index contributed by atoms with van der Waals surface area (Å²) in [5.41, 5.74) is -0.0263. The molecule has 1 atom stereocenters. The molecule has 0 aliphatic heterocycles. The highest BCUT2D eigenvalue weighted by Crippen LogP contribution is 2.60. The van der Waals surface area contributed by atoms with Gasteiger partial charge in [-0.1, -0.05) is 0 Å². The minimum absolute atomic E-state index is 0.00935. The molecular formula is C22H26N2O5S. The van der Waals surface area contributed by atoms with Crippen molar-refractivity contribution < 1.29 is 22.7 Å². The number of rotatable bonds is 7. The summed E-state index contributed by atoms with van der Waals surface area (Å²) in [5.74, 6) is 1.05. The normalized spacial score (nSPS) is 30.5. The zero-order chi connectivity index (χ0) is 21.5. The van der Waals surface area contributed by atoms with Gasteiger partial charge in [0.2, 0.25) is 10.0 Å². The molecule has 8 heteroatoms. The Labute approximate surface area is 176 Å². The summed E-state index contributed by atoms with van der Waals surface area (Å²) in [6, 6.07) is 7.28. The molecule has 4 bridgehead atoms. The van der Waals surface area contributed by atoms with Crippen molar-refractivity contribution in [1.29, 1.82) is 5.26 Å². The number of Topliss-reactive ketones (excluding diaryl/α,β-unsaturated/α-hetero) is 1. The first-order valence-corrected chi connectivity index (χ1v) is 11.9. The number of hydrogen-bond acceptors (Lipinski definition) is 6. The molecule has 1 unspecified atom stereocenters. The second-order valence-corrected chi connectivity index (χ2v) is 10.9. The number of ketones is 1. The van der Waals surface area contributed by atoms with E-state index >= 15 is 0 Å². The predicted octanol–water partition coefficient (Wildman–Crippen LogP) is 2.55. The molecule has 4 aliphatic carbocycles. The van der Waals surface area contributed by atoms with E-state index in [1.165, 1.54) is 43.5 Å². The predicted molar refractivity (Wildman–Crippen MR) is 108 cm³/mol. The summed E-state index contributed by atoms with van der Waals surface area (Å²) >= 11 is 0. The van der Waals surface area contributed by atoms with Crippen LogP contribution in [0, 0.1) is 34.5 Å². The Morgan fingerprint density at radius 1 is 1.13 bits per heavy atom. The fourth-order valence-electron chi connectivity index (χ4n) is 6.08. The van der Waals surface area contributed by atoms with Crippen molar-refractivity contribution in [2.24, 2.45) is 23.2 Å². The van der Waals surface area contributed by atoms with E-state index in [0.717, 1.165) is 19.3 Å². The van der Waals surface area contributed by atoms with Crippen LogP contribution in [-0.4, -0.2) is 32.8 Å². The molecular weight excluding hydrogens is 404 g/mol. The van der Waals surface area contributed by atoms with Gasteiger partial charge >= 0.3 is 5.97 Å². The number of nitriles is 1. The number of hydrogen-bond donors (Lipinski definition) is 1. The van der Waals surface area contributed by atoms with Gasteiger partial charge in [-0.3, -0.25) is 9.59 Å². The smallest absolute Gasteiger partial charge is 0.321 e. The molecule has 0 spiro atoms. The van der Waals surface area contributed by atoms with Crippen LogP contribution < -0.4 is 4.72 Å². The molecule has 0 amide bonds. The molecule has 4 aliphatic rings. The lowest BCUT2D eigenvalue weighted by atomic mass is 9.48. The van der Waals surface area contributed by atoms with Gasteiger partial charge in [-0.05, 0) is 87.5 Å². The Morgan fingerprint density at radius 3 is 2.17 bits per heavy atom. The van der Waals surface area contributed by atoms with Crippen LogP contribution >= 0.6 is 0 Å². The number of carbonyl (C=O) groups is 2. The van der Waals surface area contributed by atoms with Crippen molar-refractivity contribution >= 4 is 21.8 Å². The van der Waals surface area contributed by atoms with Crippen molar-refractivity contribution in [3.05, 3.63) is 29.8 Å². The first-order chi connectivity index (χ1) is 14.2. The number of benzene rings is 1. The molecule has 30 heavy (non-hydrogen) atoms. The minimum Gasteiger partial charge on any atom is -0.454 e. The zero-order valence-electron chi connectivity index (χ0n) is 17.0. The van der Waals surface area contributed by atoms with Crippen molar-refractivity contribution in [1.82, 2.24) is 4.72 Å². The van der Waals surface area contributed by atoms with E-state index < -0.39 is 28.6 Å². The highest BCUT2D eigenvalue weighted by atomic mass is 32.2. The third-order valence-electron chi connectivity index (χ3n) is 6.94. The fourth-order valence-corrected chi connectivity index (χ4v) is 7.05. The number of sulfonamides is 1. The second kappa shape index (κ2) is 7.78. The standard InChI is InChI=1S/C22H26N2O5S/c1-14(21(26)22-9-16-6-17(10-22)8-18(7-16)11-22)29-20(25)13-24-30(27,28)19-4-2-15(12-23)3-5-19/h2-5,14,16-18,24H,6-11,13H2,1H3. The first-order valence-electron chi connectivity index (χ1n) is 10.4. The van der Waals surface area contributed by atoms with E-state index in [2.05, 4.69) is 4.72 Å². The van der Waals surface area contributed by atoms with Gasteiger partial charge in [0.05, 0.1) is 16.5 Å². The second-order valence-electron chi connectivity index (χ2n) is 9.15. The van der Waals surface area contributed by atoms with Crippen LogP contribution in [-0.2, 0) is 24.3 Å². The lowest BCUT2D eigenvalue weighted by molar-refractivity contribution is -0.164. The Hall–Kier alpha value is -2.24. The molecule has 1 aromatic carbocycles. The molecule has 160 valence electrons. The lowest BCUT2D eigenvalue weighted by Crippen LogP contribution is -2.53. The van der Waals surface area contributed by atoms with Crippen molar-refractivity contribution in [3.63, 3.8) is 0 Å². The quantitative estimate of drug-likeness (QED) is 0.665. The number of nitrogens with one attached hydrogen (secondary N) is 1. The van der Waals surface area contributed by atoms with Crippen LogP contribution in [0.15, 0.2) is 29.2 Å². The Morgan fingerprint density at radius 2 is 1.67 bits per heavy atom. The number of ether oxygens (including phenoxy) is 1. The molecule has 4 saturated carbocycles. The van der Waals surface area contributed by atoms with E-state index in [0.29, 0.717) is 23.3 Å². The van der Waals surface area contributed by atoms with Crippen LogP contribution in [0.3, 0.4) is 0 Å². The monoisotopic (exact) mass is 430 g/mol. The zero-order valence-corrected chi connectivity index (χ0v) is 17.8. The van der Waals surface area contributed by atoms with E-state index in [1.807, 2.05) is 6.07 Å². The Bertz CT molecular complexity index is 958. The van der Waals surface area contributed by atoms with Gasteiger partial charge in [0, 0.05) is 5.41 Å². The van der Waals surface area contributed by atoms with Crippen molar-refractivity contribution in [3.8, 4) is 6.07 Å². The Kier molecular flexibility index (Phi) is 5.45. The van der Waals surface area contributed by atoms with Gasteiger partial charge in [-0.25, -0.2) is 8.42 Å². The minimum atomic E-state index is -3.92. The van der Waals surface area contributed by atoms with Crippen LogP contribution in [0.25, 0.3) is 0 Å². The van der Waals surface area contributed by atoms with Gasteiger partial charge in [0.15, 0.2) is 11.9 Å². The van der Waals surface area contributed by atoms with Gasteiger partial charge in [-0.2, -0.15) is 9.98 Å². The topological polar surface area (TPSA) is 113 Å². The fraction of sp³-hybridized carbons (Fsp3) is 0.591. The summed E-state index contributed by atoms with van der Waals surface area (Å²) in [4.78, 5) is 25.3. The van der Waals surface area contributed by atoms with Crippen molar-refractivity contribution in [2.45, 2.75) is 56.4 Å². The first kappa shape index (κ1) is 21.0. The summed E-state index contributed by atoms with van der Waals surface area (Å²) in [6.45, 7) is 1.04. The van der Waals surface area contributed by atoms with Crippen LogP contribution in [0.5, 0.6) is 0 Å². The highest BCUT2D eigenvalue weighted by Gasteiger charge is 2.55. The van der Waals surface area contributed by atoms with Crippen LogP contribution in [0.2, 0.25) is 0 Å². The Balaban J connectivity index is 1.33. The lowest BCUT2D eigenvalue weighted by Gasteiger charge is -2.56. The van der Waals surface area contributed by atoms with E-state index in [4.69, 9.17) is 10.00 Å². The average molecular weight is 431 g/mol. The maximum atomic E-state index is 13.2. The molecule has 1 aromatic rings. The molecule has 0 heterocycles.